The summed E-state index contributed by atoms with van der Waals surface area (Å²) in [6.07, 6.45) is 3.21. The van der Waals surface area contributed by atoms with Crippen molar-refractivity contribution in [2.24, 2.45) is 0 Å². The predicted octanol–water partition coefficient (Wildman–Crippen LogP) is 4.48. The van der Waals surface area contributed by atoms with Crippen LogP contribution in [-0.4, -0.2) is 34.7 Å². The summed E-state index contributed by atoms with van der Waals surface area (Å²) in [5.74, 6) is -0.252. The molecule has 0 atom stereocenters. The average molecular weight is 415 g/mol. The maximum atomic E-state index is 12.2. The molecule has 0 radical (unpaired) electrons. The maximum absolute atomic E-state index is 12.2. The van der Waals surface area contributed by atoms with Gasteiger partial charge in [0.1, 0.15) is 11.3 Å². The van der Waals surface area contributed by atoms with Crippen LogP contribution < -0.4 is 10.1 Å². The summed E-state index contributed by atoms with van der Waals surface area (Å²) >= 11 is 2.68. The Morgan fingerprint density at radius 2 is 2.11 bits per heavy atom. The Labute approximate surface area is 170 Å². The fraction of sp³-hybridized carbons (Fsp3) is 0.158. The van der Waals surface area contributed by atoms with E-state index in [1.807, 2.05) is 17.7 Å². The van der Waals surface area contributed by atoms with Crippen molar-refractivity contribution in [3.05, 3.63) is 58.4 Å². The van der Waals surface area contributed by atoms with Crippen molar-refractivity contribution in [1.29, 1.82) is 0 Å². The van der Waals surface area contributed by atoms with Crippen molar-refractivity contribution in [3.63, 3.8) is 0 Å². The summed E-state index contributed by atoms with van der Waals surface area (Å²) in [6.45, 7) is 1.95. The van der Waals surface area contributed by atoms with Crippen LogP contribution in [0.2, 0.25) is 0 Å². The molecule has 1 amide bonds. The number of aromatic nitrogens is 2. The number of carbonyl (C=O) groups excluding carboxylic acids is 2. The number of hydrogen-bond acceptors (Lipinski definition) is 8. The Hall–Kier alpha value is -2.91. The third-order valence-corrected chi connectivity index (χ3v) is 4.89. The summed E-state index contributed by atoms with van der Waals surface area (Å²) in [7, 11) is 0. The van der Waals surface area contributed by atoms with Gasteiger partial charge in [0.2, 0.25) is 5.88 Å². The van der Waals surface area contributed by atoms with Crippen molar-refractivity contribution < 1.29 is 19.1 Å². The second kappa shape index (κ2) is 9.34. The zero-order valence-electron chi connectivity index (χ0n) is 15.2. The molecule has 0 aliphatic heterocycles. The number of nitrogens with one attached hydrogen (secondary N) is 1. The summed E-state index contributed by atoms with van der Waals surface area (Å²) in [6, 6.07) is 10.4. The number of amides is 1. The van der Waals surface area contributed by atoms with E-state index >= 15 is 0 Å². The van der Waals surface area contributed by atoms with Gasteiger partial charge in [-0.2, -0.15) is 4.98 Å². The molecule has 2 heterocycles. The van der Waals surface area contributed by atoms with Crippen LogP contribution in [0.3, 0.4) is 0 Å². The molecule has 3 aromatic rings. The van der Waals surface area contributed by atoms with E-state index in [2.05, 4.69) is 15.3 Å². The van der Waals surface area contributed by atoms with Crippen LogP contribution in [0.5, 0.6) is 11.6 Å². The first-order valence-electron chi connectivity index (χ1n) is 8.31. The van der Waals surface area contributed by atoms with E-state index in [4.69, 9.17) is 9.47 Å². The van der Waals surface area contributed by atoms with Crippen LogP contribution in [0.4, 0.5) is 5.69 Å². The van der Waals surface area contributed by atoms with Gasteiger partial charge in [0.25, 0.3) is 5.91 Å². The highest BCUT2D eigenvalue weighted by Crippen LogP contribution is 2.27. The third kappa shape index (κ3) is 4.87. The fourth-order valence-electron chi connectivity index (χ4n) is 2.23. The summed E-state index contributed by atoms with van der Waals surface area (Å²) in [5.41, 5.74) is 0.695. The molecule has 0 saturated heterocycles. The number of anilines is 1. The van der Waals surface area contributed by atoms with E-state index in [9.17, 15) is 9.59 Å². The molecule has 0 saturated carbocycles. The zero-order chi connectivity index (χ0) is 19.9. The average Bonchev–Trinajstić information content (AvgIpc) is 3.23. The Balaban J connectivity index is 1.83. The molecule has 0 bridgehead atoms. The summed E-state index contributed by atoms with van der Waals surface area (Å²) < 4.78 is 10.9. The van der Waals surface area contributed by atoms with Crippen LogP contribution in [0, 0.1) is 0 Å². The van der Waals surface area contributed by atoms with Gasteiger partial charge < -0.3 is 14.8 Å². The molecule has 7 nitrogen and oxygen atoms in total. The number of ether oxygens (including phenoxy) is 2. The van der Waals surface area contributed by atoms with Crippen molar-refractivity contribution in [2.75, 3.05) is 18.2 Å². The normalized spacial score (nSPS) is 10.4. The number of nitrogens with zero attached hydrogens (tertiary/aromatic N) is 2. The van der Waals surface area contributed by atoms with Gasteiger partial charge in [-0.15, -0.1) is 11.3 Å². The molecule has 0 fully saturated rings. The van der Waals surface area contributed by atoms with Gasteiger partial charge in [-0.25, -0.2) is 9.78 Å². The van der Waals surface area contributed by atoms with Gasteiger partial charge in [0, 0.05) is 18.0 Å². The zero-order valence-corrected chi connectivity index (χ0v) is 16.8. The minimum Gasteiger partial charge on any atom is -0.462 e. The number of thioether (sulfide) groups is 1. The van der Waals surface area contributed by atoms with E-state index in [-0.39, 0.29) is 24.0 Å². The lowest BCUT2D eigenvalue weighted by Gasteiger charge is -2.11. The molecule has 0 unspecified atom stereocenters. The molecular formula is C19H17N3O4S2. The molecule has 144 valence electrons. The van der Waals surface area contributed by atoms with Crippen molar-refractivity contribution in [2.45, 2.75) is 12.1 Å². The molecule has 1 aromatic carbocycles. The lowest BCUT2D eigenvalue weighted by Crippen LogP contribution is -2.10. The Morgan fingerprint density at radius 1 is 1.25 bits per heavy atom. The molecule has 0 aliphatic rings. The lowest BCUT2D eigenvalue weighted by molar-refractivity contribution is 0.0521. The minimum absolute atomic E-state index is 0.0968. The minimum atomic E-state index is -0.563. The molecule has 1 N–H and O–H groups in total. The lowest BCUT2D eigenvalue weighted by atomic mass is 10.3. The molecular weight excluding hydrogens is 398 g/mol. The van der Waals surface area contributed by atoms with Gasteiger partial charge in [-0.3, -0.25) is 4.79 Å². The largest absolute Gasteiger partial charge is 0.462 e. The van der Waals surface area contributed by atoms with E-state index in [0.29, 0.717) is 21.5 Å². The number of benzene rings is 1. The van der Waals surface area contributed by atoms with Gasteiger partial charge in [-0.1, -0.05) is 23.9 Å². The Bertz CT molecular complexity index is 977. The quantitative estimate of drug-likeness (QED) is 0.346. The van der Waals surface area contributed by atoms with E-state index < -0.39 is 5.97 Å². The summed E-state index contributed by atoms with van der Waals surface area (Å²) in [4.78, 5) is 33.3. The molecule has 9 heteroatoms. The van der Waals surface area contributed by atoms with E-state index in [0.717, 1.165) is 0 Å². The number of thiophene rings is 1. The first kappa shape index (κ1) is 19.8. The molecule has 0 aliphatic carbocycles. The highest BCUT2D eigenvalue weighted by Gasteiger charge is 2.18. The standard InChI is InChI=1S/C19H17N3O4S2/c1-3-25-18(24)14-11-20-19(27-2)22-17(14)26-13-7-4-6-12(10-13)21-16(23)15-8-5-9-28-15/h4-11H,3H2,1-2H3,(H,21,23). The Kier molecular flexibility index (Phi) is 6.62. The maximum Gasteiger partial charge on any atom is 0.345 e. The summed E-state index contributed by atoms with van der Waals surface area (Å²) in [5, 5.41) is 5.11. The SMILES string of the molecule is CCOC(=O)c1cnc(SC)nc1Oc1cccc(NC(=O)c2cccs2)c1. The van der Waals surface area contributed by atoms with Gasteiger partial charge in [-0.05, 0) is 36.8 Å². The van der Waals surface area contributed by atoms with E-state index in [1.54, 1.807) is 37.3 Å². The highest BCUT2D eigenvalue weighted by atomic mass is 32.2. The predicted molar refractivity (Wildman–Crippen MR) is 109 cm³/mol. The van der Waals surface area contributed by atoms with Crippen LogP contribution in [0.1, 0.15) is 27.0 Å². The van der Waals surface area contributed by atoms with Crippen LogP contribution >= 0.6 is 23.1 Å². The smallest absolute Gasteiger partial charge is 0.345 e. The monoisotopic (exact) mass is 415 g/mol. The van der Waals surface area contributed by atoms with Crippen molar-refractivity contribution in [3.8, 4) is 11.6 Å². The van der Waals surface area contributed by atoms with Crippen molar-refractivity contribution >= 4 is 40.7 Å². The fourth-order valence-corrected chi connectivity index (χ4v) is 3.18. The second-order valence-electron chi connectivity index (χ2n) is 5.36. The topological polar surface area (TPSA) is 90.4 Å². The van der Waals surface area contributed by atoms with Crippen LogP contribution in [0.25, 0.3) is 0 Å². The molecule has 3 rings (SSSR count). The number of rotatable bonds is 7. The highest BCUT2D eigenvalue weighted by molar-refractivity contribution is 7.98. The van der Waals surface area contributed by atoms with Gasteiger partial charge in [0.05, 0.1) is 11.5 Å². The van der Waals surface area contributed by atoms with Crippen LogP contribution in [-0.2, 0) is 4.74 Å². The number of carbonyl (C=O) groups is 2. The van der Waals surface area contributed by atoms with Crippen LogP contribution in [0.15, 0.2) is 53.1 Å². The number of esters is 1. The first-order valence-corrected chi connectivity index (χ1v) is 10.4. The number of hydrogen-bond donors (Lipinski definition) is 1. The van der Waals surface area contributed by atoms with Gasteiger partial charge in [0.15, 0.2) is 5.16 Å². The van der Waals surface area contributed by atoms with Crippen molar-refractivity contribution in [1.82, 2.24) is 9.97 Å². The van der Waals surface area contributed by atoms with E-state index in [1.165, 1.54) is 29.3 Å². The second-order valence-corrected chi connectivity index (χ2v) is 7.08. The molecule has 0 spiro atoms. The molecule has 28 heavy (non-hydrogen) atoms. The third-order valence-electron chi connectivity index (χ3n) is 3.46. The Morgan fingerprint density at radius 3 is 2.82 bits per heavy atom. The molecule has 2 aromatic heterocycles. The first-order chi connectivity index (χ1) is 13.6. The van der Waals surface area contributed by atoms with Gasteiger partial charge >= 0.3 is 5.97 Å².